The van der Waals surface area contributed by atoms with Gasteiger partial charge in [-0.2, -0.15) is 0 Å². The smallest absolute Gasteiger partial charge is 0.322 e. The lowest BCUT2D eigenvalue weighted by atomic mass is 9.73. The minimum absolute atomic E-state index is 0.000840. The summed E-state index contributed by atoms with van der Waals surface area (Å²) >= 11 is 0. The first kappa shape index (κ1) is 20.1. The van der Waals surface area contributed by atoms with Crippen LogP contribution >= 0.6 is 0 Å². The summed E-state index contributed by atoms with van der Waals surface area (Å²) in [5.74, 6) is -0.0597. The maximum atomic E-state index is 12.9. The molecule has 0 spiro atoms. The zero-order chi connectivity index (χ0) is 21.3. The molecule has 0 radical (unpaired) electrons. The molecule has 1 atom stereocenters. The Morgan fingerprint density at radius 2 is 1.83 bits per heavy atom. The molecule has 0 bridgehead atoms. The van der Waals surface area contributed by atoms with Crippen molar-refractivity contribution in [2.24, 2.45) is 5.92 Å². The predicted molar refractivity (Wildman–Crippen MR) is 112 cm³/mol. The van der Waals surface area contributed by atoms with Gasteiger partial charge < -0.3 is 10.2 Å². The molecule has 2 aliphatic rings. The average Bonchev–Trinajstić information content (AvgIpc) is 3.08. The molecule has 2 N–H and O–H groups in total. The summed E-state index contributed by atoms with van der Waals surface area (Å²) < 4.78 is 0. The van der Waals surface area contributed by atoms with Crippen LogP contribution in [0.25, 0.3) is 0 Å². The lowest BCUT2D eigenvalue weighted by Crippen LogP contribution is -2.54. The molecule has 3 heterocycles. The van der Waals surface area contributed by atoms with Crippen LogP contribution in [0.1, 0.15) is 54.1 Å². The van der Waals surface area contributed by atoms with E-state index in [1.807, 2.05) is 35.2 Å². The van der Waals surface area contributed by atoms with Crippen molar-refractivity contribution in [1.82, 2.24) is 20.5 Å². The molecule has 4 amide bonds. The number of piperidine rings is 1. The quantitative estimate of drug-likeness (QED) is 0.764. The van der Waals surface area contributed by atoms with Gasteiger partial charge in [0, 0.05) is 36.6 Å². The van der Waals surface area contributed by atoms with E-state index in [0.717, 1.165) is 0 Å². The average molecular weight is 406 g/mol. The van der Waals surface area contributed by atoms with E-state index in [4.69, 9.17) is 0 Å². The number of benzene rings is 1. The largest absolute Gasteiger partial charge is 0.339 e. The zero-order valence-electron chi connectivity index (χ0n) is 17.2. The fraction of sp³-hybridized carbons (Fsp3) is 0.391. The molecular weight excluding hydrogens is 380 g/mol. The number of likely N-dealkylation sites (tertiary alicyclic amines) is 1. The highest BCUT2D eigenvalue weighted by molar-refractivity contribution is 6.07. The van der Waals surface area contributed by atoms with Crippen LogP contribution in [0.3, 0.4) is 0 Å². The van der Waals surface area contributed by atoms with Crippen molar-refractivity contribution in [3.8, 4) is 0 Å². The van der Waals surface area contributed by atoms with Crippen molar-refractivity contribution >= 4 is 17.8 Å². The van der Waals surface area contributed by atoms with Gasteiger partial charge in [-0.3, -0.25) is 19.9 Å². The predicted octanol–water partition coefficient (Wildman–Crippen LogP) is 2.79. The number of carbonyl (C=O) groups is 3. The topological polar surface area (TPSA) is 91.4 Å². The third-order valence-corrected chi connectivity index (χ3v) is 6.23. The summed E-state index contributed by atoms with van der Waals surface area (Å²) in [6.07, 6.45) is 4.48. The molecule has 2 aromatic rings. The lowest BCUT2D eigenvalue weighted by Gasteiger charge is -2.40. The standard InChI is InChI=1S/C23H26N4O3/c1-15(2)16-5-7-17(8-6-16)20(28)27-12-9-18(10-13-27)23(19-4-3-11-24-14-19)21(29)25-22(30)26-23/h3-8,11,14-15,18H,9-10,12-13H2,1-2H3,(H2,25,26,29,30). The molecule has 7 nitrogen and oxygen atoms in total. The van der Waals surface area contributed by atoms with Gasteiger partial charge in [-0.15, -0.1) is 0 Å². The van der Waals surface area contributed by atoms with Gasteiger partial charge in [0.1, 0.15) is 0 Å². The molecule has 0 saturated carbocycles. The zero-order valence-corrected chi connectivity index (χ0v) is 17.2. The second-order valence-electron chi connectivity index (χ2n) is 8.30. The van der Waals surface area contributed by atoms with E-state index in [9.17, 15) is 14.4 Å². The molecular formula is C23H26N4O3. The Balaban J connectivity index is 1.51. The normalized spacial score (nSPS) is 22.2. The molecule has 0 aliphatic carbocycles. The number of urea groups is 1. The van der Waals surface area contributed by atoms with Crippen LogP contribution in [0.15, 0.2) is 48.8 Å². The van der Waals surface area contributed by atoms with E-state index in [1.165, 1.54) is 5.56 Å². The molecule has 1 aromatic heterocycles. The first-order valence-electron chi connectivity index (χ1n) is 10.3. The van der Waals surface area contributed by atoms with Crippen molar-refractivity contribution in [3.63, 3.8) is 0 Å². The summed E-state index contributed by atoms with van der Waals surface area (Å²) in [4.78, 5) is 43.7. The van der Waals surface area contributed by atoms with Gasteiger partial charge in [-0.25, -0.2) is 4.79 Å². The number of hydrogen-bond donors (Lipinski definition) is 2. The summed E-state index contributed by atoms with van der Waals surface area (Å²) in [6, 6.07) is 10.8. The van der Waals surface area contributed by atoms with E-state index in [-0.39, 0.29) is 17.7 Å². The number of hydrogen-bond acceptors (Lipinski definition) is 4. The third-order valence-electron chi connectivity index (χ3n) is 6.23. The van der Waals surface area contributed by atoms with Gasteiger partial charge in [0.15, 0.2) is 5.54 Å². The highest BCUT2D eigenvalue weighted by atomic mass is 16.2. The SMILES string of the molecule is CC(C)c1ccc(C(=O)N2CCC(C3(c4cccnc4)NC(=O)NC3=O)CC2)cc1. The second-order valence-corrected chi connectivity index (χ2v) is 8.30. The van der Waals surface area contributed by atoms with Crippen molar-refractivity contribution < 1.29 is 14.4 Å². The number of aromatic nitrogens is 1. The minimum Gasteiger partial charge on any atom is -0.339 e. The van der Waals surface area contributed by atoms with Crippen molar-refractivity contribution in [2.45, 2.75) is 38.1 Å². The third kappa shape index (κ3) is 3.44. The molecule has 2 saturated heterocycles. The Bertz CT molecular complexity index is 950. The highest BCUT2D eigenvalue weighted by Crippen LogP contribution is 2.39. The van der Waals surface area contributed by atoms with E-state index < -0.39 is 11.6 Å². The van der Waals surface area contributed by atoms with Gasteiger partial charge in [-0.05, 0) is 48.4 Å². The summed E-state index contributed by atoms with van der Waals surface area (Å²) in [5, 5.41) is 5.23. The van der Waals surface area contributed by atoms with E-state index in [2.05, 4.69) is 29.5 Å². The Kier molecular flexibility index (Phi) is 5.28. The van der Waals surface area contributed by atoms with E-state index in [1.54, 1.807) is 18.5 Å². The summed E-state index contributed by atoms with van der Waals surface area (Å²) in [6.45, 7) is 5.30. The van der Waals surface area contributed by atoms with Gasteiger partial charge in [0.25, 0.3) is 11.8 Å². The summed E-state index contributed by atoms with van der Waals surface area (Å²) in [7, 11) is 0. The maximum Gasteiger partial charge on any atom is 0.322 e. The van der Waals surface area contributed by atoms with Crippen LogP contribution in [-0.4, -0.2) is 40.8 Å². The molecule has 2 fully saturated rings. The first-order chi connectivity index (χ1) is 14.4. The van der Waals surface area contributed by atoms with Crippen LogP contribution in [0.5, 0.6) is 0 Å². The number of imide groups is 1. The fourth-order valence-corrected chi connectivity index (χ4v) is 4.50. The Hall–Kier alpha value is -3.22. The van der Waals surface area contributed by atoms with Crippen LogP contribution in [0, 0.1) is 5.92 Å². The Labute approximate surface area is 175 Å². The molecule has 1 aromatic carbocycles. The van der Waals surface area contributed by atoms with Gasteiger partial charge in [0.2, 0.25) is 0 Å². The number of amides is 4. The highest BCUT2D eigenvalue weighted by Gasteiger charge is 2.53. The summed E-state index contributed by atoms with van der Waals surface area (Å²) in [5.41, 5.74) is 1.40. The van der Waals surface area contributed by atoms with Gasteiger partial charge in [-0.1, -0.05) is 32.0 Å². The van der Waals surface area contributed by atoms with E-state index in [0.29, 0.717) is 43.0 Å². The number of rotatable bonds is 4. The lowest BCUT2D eigenvalue weighted by molar-refractivity contribution is -0.127. The fourth-order valence-electron chi connectivity index (χ4n) is 4.50. The number of pyridine rings is 1. The maximum absolute atomic E-state index is 12.9. The number of nitrogens with zero attached hydrogens (tertiary/aromatic N) is 2. The number of carbonyl (C=O) groups excluding carboxylic acids is 3. The van der Waals surface area contributed by atoms with Crippen molar-refractivity contribution in [1.29, 1.82) is 0 Å². The van der Waals surface area contributed by atoms with Gasteiger partial charge >= 0.3 is 6.03 Å². The first-order valence-corrected chi connectivity index (χ1v) is 10.3. The van der Waals surface area contributed by atoms with Crippen LogP contribution in [0.4, 0.5) is 4.79 Å². The molecule has 1 unspecified atom stereocenters. The van der Waals surface area contributed by atoms with Crippen LogP contribution in [0.2, 0.25) is 0 Å². The minimum atomic E-state index is -1.14. The van der Waals surface area contributed by atoms with Crippen molar-refractivity contribution in [2.75, 3.05) is 13.1 Å². The molecule has 30 heavy (non-hydrogen) atoms. The van der Waals surface area contributed by atoms with Crippen LogP contribution in [-0.2, 0) is 10.3 Å². The molecule has 7 heteroatoms. The van der Waals surface area contributed by atoms with Gasteiger partial charge in [0.05, 0.1) is 0 Å². The van der Waals surface area contributed by atoms with Crippen molar-refractivity contribution in [3.05, 3.63) is 65.5 Å². The molecule has 2 aliphatic heterocycles. The second kappa shape index (κ2) is 7.89. The Morgan fingerprint density at radius 3 is 2.37 bits per heavy atom. The Morgan fingerprint density at radius 1 is 1.13 bits per heavy atom. The number of nitrogens with one attached hydrogen (secondary N) is 2. The monoisotopic (exact) mass is 406 g/mol. The molecule has 156 valence electrons. The van der Waals surface area contributed by atoms with E-state index >= 15 is 0 Å². The molecule has 4 rings (SSSR count). The van der Waals surface area contributed by atoms with Crippen LogP contribution < -0.4 is 10.6 Å².